The Morgan fingerprint density at radius 3 is 1.76 bits per heavy atom. The van der Waals surface area contributed by atoms with Crippen LogP contribution in [0.25, 0.3) is 0 Å². The number of ether oxygens (including phenoxy) is 1. The van der Waals surface area contributed by atoms with Gasteiger partial charge in [0.25, 0.3) is 0 Å². The lowest BCUT2D eigenvalue weighted by Gasteiger charge is -2.42. The van der Waals surface area contributed by atoms with Crippen LogP contribution in [0.2, 0.25) is 20.1 Å². The molecule has 3 aliphatic heterocycles. The second-order valence-corrected chi connectivity index (χ2v) is 19.9. The van der Waals surface area contributed by atoms with E-state index < -0.39 is 5.60 Å². The van der Waals surface area contributed by atoms with Gasteiger partial charge in [0, 0.05) is 116 Å². The van der Waals surface area contributed by atoms with Crippen LogP contribution in [0.1, 0.15) is 88.0 Å². The number of carbonyl (C=O) groups is 2. The third-order valence-corrected chi connectivity index (χ3v) is 13.0. The van der Waals surface area contributed by atoms with E-state index in [-0.39, 0.29) is 6.09 Å². The molecular formula is C50H63Cl4N5O3. The first kappa shape index (κ1) is 48.0. The molecule has 1 amide bonds. The predicted molar refractivity (Wildman–Crippen MR) is 259 cm³/mol. The first-order valence-corrected chi connectivity index (χ1v) is 23.6. The molecule has 334 valence electrons. The zero-order valence-electron chi connectivity index (χ0n) is 36.9. The number of likely N-dealkylation sites (tertiary alicyclic amines) is 1. The molecule has 1 aliphatic carbocycles. The largest absolute Gasteiger partial charge is 0.444 e. The number of nitrogens with zero attached hydrogens (tertiary/aromatic N) is 4. The first-order chi connectivity index (χ1) is 29.6. The second kappa shape index (κ2) is 22.4. The Balaban J connectivity index is 0.000000192. The van der Waals surface area contributed by atoms with E-state index >= 15 is 0 Å². The van der Waals surface area contributed by atoms with Crippen molar-refractivity contribution in [1.29, 1.82) is 0 Å². The molecular weight excluding hydrogens is 860 g/mol. The van der Waals surface area contributed by atoms with Crippen molar-refractivity contribution in [3.63, 3.8) is 0 Å². The molecule has 2 fully saturated rings. The van der Waals surface area contributed by atoms with Gasteiger partial charge in [-0.15, -0.1) is 0 Å². The summed E-state index contributed by atoms with van der Waals surface area (Å²) in [7, 11) is 4.30. The third kappa shape index (κ3) is 14.3. The van der Waals surface area contributed by atoms with E-state index in [0.29, 0.717) is 37.0 Å². The fourth-order valence-electron chi connectivity index (χ4n) is 8.91. The summed E-state index contributed by atoms with van der Waals surface area (Å²) in [6, 6.07) is 29.7. The highest BCUT2D eigenvalue weighted by atomic mass is 35.5. The van der Waals surface area contributed by atoms with E-state index in [0.717, 1.165) is 97.6 Å². The van der Waals surface area contributed by atoms with Crippen molar-refractivity contribution in [2.45, 2.75) is 115 Å². The van der Waals surface area contributed by atoms with Gasteiger partial charge in [-0.2, -0.15) is 0 Å². The highest BCUT2D eigenvalue weighted by molar-refractivity contribution is 6.31. The van der Waals surface area contributed by atoms with E-state index in [1.54, 1.807) is 0 Å². The van der Waals surface area contributed by atoms with Crippen molar-refractivity contribution in [2.75, 3.05) is 50.1 Å². The molecule has 2 atom stereocenters. The van der Waals surface area contributed by atoms with Gasteiger partial charge in [-0.3, -0.25) is 9.69 Å². The Bertz CT molecular complexity index is 2080. The summed E-state index contributed by atoms with van der Waals surface area (Å²) in [5.74, 6) is 0.464. The number of piperidine rings is 1. The number of halogens is 4. The van der Waals surface area contributed by atoms with E-state index in [1.165, 1.54) is 40.0 Å². The lowest BCUT2D eigenvalue weighted by atomic mass is 9.97. The number of benzene rings is 4. The molecule has 4 aromatic rings. The van der Waals surface area contributed by atoms with Crippen LogP contribution in [-0.2, 0) is 35.5 Å². The number of amides is 1. The van der Waals surface area contributed by atoms with E-state index in [1.807, 2.05) is 68.1 Å². The molecule has 0 spiro atoms. The van der Waals surface area contributed by atoms with E-state index in [4.69, 9.17) is 51.1 Å². The van der Waals surface area contributed by atoms with Gasteiger partial charge >= 0.3 is 6.09 Å². The average molecular weight is 924 g/mol. The molecule has 0 radical (unpaired) electrons. The second-order valence-electron chi connectivity index (χ2n) is 18.2. The Morgan fingerprint density at radius 1 is 0.694 bits per heavy atom. The standard InChI is InChI=1S/C27H35Cl2N3O2.C17H18Cl2N2.C6H10O/c1-27(2,3)34-26(33)31-13-11-23(12-14-31)32-17-20-16-22(29)9-10-25(20)30(4)18-24(32)15-19-5-7-21(28)8-6-19;1-21-11-16(8-12-2-4-14(18)5-3-12)20-10-13-9-15(19)6-7-17(13)21;7-6-4-2-1-3-5-6/h5-10,16,23-24H,11-15,17-18H2,1-4H3;2-7,9,16,20H,8,10-11H2,1H3;1-5H2/t24-;16-;/m00./s1. The van der Waals surface area contributed by atoms with Crippen molar-refractivity contribution < 1.29 is 14.3 Å². The van der Waals surface area contributed by atoms with Crippen molar-refractivity contribution >= 4 is 69.7 Å². The van der Waals surface area contributed by atoms with Gasteiger partial charge in [0.15, 0.2) is 0 Å². The number of ketones is 1. The number of hydrogen-bond acceptors (Lipinski definition) is 7. The molecule has 12 heteroatoms. The van der Waals surface area contributed by atoms with Crippen LogP contribution in [0, 0.1) is 0 Å². The van der Waals surface area contributed by atoms with Gasteiger partial charge in [-0.1, -0.05) is 77.1 Å². The molecule has 0 bridgehead atoms. The Labute approximate surface area is 389 Å². The lowest BCUT2D eigenvalue weighted by molar-refractivity contribution is -0.120. The summed E-state index contributed by atoms with van der Waals surface area (Å²) >= 11 is 24.6. The molecule has 8 rings (SSSR count). The summed E-state index contributed by atoms with van der Waals surface area (Å²) in [5, 5.41) is 6.73. The van der Waals surface area contributed by atoms with Crippen LogP contribution < -0.4 is 15.1 Å². The highest BCUT2D eigenvalue weighted by Gasteiger charge is 2.35. The van der Waals surface area contributed by atoms with Crippen molar-refractivity contribution in [3.8, 4) is 0 Å². The lowest BCUT2D eigenvalue weighted by Crippen LogP contribution is -2.52. The highest BCUT2D eigenvalue weighted by Crippen LogP contribution is 2.34. The predicted octanol–water partition coefficient (Wildman–Crippen LogP) is 11.9. The van der Waals surface area contributed by atoms with E-state index in [9.17, 15) is 9.59 Å². The van der Waals surface area contributed by atoms with Crippen molar-refractivity contribution in [1.82, 2.24) is 15.1 Å². The quantitative estimate of drug-likeness (QED) is 0.214. The summed E-state index contributed by atoms with van der Waals surface area (Å²) in [5.41, 5.74) is 7.10. The van der Waals surface area contributed by atoms with Crippen LogP contribution in [0.5, 0.6) is 0 Å². The molecule has 1 N–H and O–H groups in total. The SMILES string of the molecule is CN1C[C@H](Cc2ccc(Cl)cc2)N(C2CCN(C(=O)OC(C)(C)C)CC2)Cc2cc(Cl)ccc21.CN1C[C@H](Cc2ccc(Cl)cc2)NCc2cc(Cl)ccc21.O=C1CCCCC1. The van der Waals surface area contributed by atoms with Crippen LogP contribution in [0.4, 0.5) is 16.2 Å². The van der Waals surface area contributed by atoms with Gasteiger partial charge in [-0.25, -0.2) is 4.79 Å². The summed E-state index contributed by atoms with van der Waals surface area (Å²) < 4.78 is 5.60. The van der Waals surface area contributed by atoms with Gasteiger partial charge in [0.2, 0.25) is 0 Å². The van der Waals surface area contributed by atoms with E-state index in [2.05, 4.69) is 76.6 Å². The Hall–Kier alpha value is -3.50. The van der Waals surface area contributed by atoms with Gasteiger partial charge in [-0.05, 0) is 142 Å². The minimum atomic E-state index is -0.476. The molecule has 0 aromatic heterocycles. The smallest absolute Gasteiger partial charge is 0.410 e. The Kier molecular flexibility index (Phi) is 17.3. The fourth-order valence-corrected chi connectivity index (χ4v) is 9.55. The first-order valence-electron chi connectivity index (χ1n) is 22.1. The molecule has 3 heterocycles. The molecule has 62 heavy (non-hydrogen) atoms. The Morgan fingerprint density at radius 2 is 1.21 bits per heavy atom. The maximum Gasteiger partial charge on any atom is 0.410 e. The van der Waals surface area contributed by atoms with Crippen LogP contribution >= 0.6 is 46.4 Å². The summed E-state index contributed by atoms with van der Waals surface area (Å²) in [6.45, 7) is 10.7. The van der Waals surface area contributed by atoms with Crippen molar-refractivity contribution in [2.24, 2.45) is 0 Å². The number of hydrogen-bond donors (Lipinski definition) is 1. The van der Waals surface area contributed by atoms with Gasteiger partial charge in [0.1, 0.15) is 11.4 Å². The normalized spacial score (nSPS) is 19.8. The van der Waals surface area contributed by atoms with Crippen molar-refractivity contribution in [3.05, 3.63) is 127 Å². The number of anilines is 2. The summed E-state index contributed by atoms with van der Waals surface area (Å²) in [6.07, 6.45) is 8.81. The monoisotopic (exact) mass is 921 g/mol. The fraction of sp³-hybridized carbons (Fsp3) is 0.480. The number of nitrogens with one attached hydrogen (secondary N) is 1. The minimum absolute atomic E-state index is 0.212. The van der Waals surface area contributed by atoms with Crippen LogP contribution in [-0.4, -0.2) is 85.7 Å². The molecule has 1 saturated carbocycles. The number of likely N-dealkylation sites (N-methyl/N-ethyl adjacent to an activating group) is 2. The molecule has 4 aliphatic rings. The number of fused-ring (bicyclic) bond motifs is 2. The number of carbonyl (C=O) groups excluding carboxylic acids is 2. The molecule has 1 saturated heterocycles. The maximum atomic E-state index is 12.6. The summed E-state index contributed by atoms with van der Waals surface area (Å²) in [4.78, 5) is 32.2. The maximum absolute atomic E-state index is 12.6. The molecule has 0 unspecified atom stereocenters. The zero-order chi connectivity index (χ0) is 44.4. The number of Topliss-reactive ketones (excluding diaryl/α,β-unsaturated/α-hetero) is 1. The van der Waals surface area contributed by atoms with Gasteiger partial charge in [0.05, 0.1) is 0 Å². The molecule has 8 nitrogen and oxygen atoms in total. The van der Waals surface area contributed by atoms with Crippen LogP contribution in [0.15, 0.2) is 84.9 Å². The minimum Gasteiger partial charge on any atom is -0.444 e. The van der Waals surface area contributed by atoms with Crippen LogP contribution in [0.3, 0.4) is 0 Å². The van der Waals surface area contributed by atoms with Gasteiger partial charge < -0.3 is 24.8 Å². The molecule has 4 aromatic carbocycles. The topological polar surface area (TPSA) is 68.4 Å². The third-order valence-electron chi connectivity index (χ3n) is 12.1. The number of rotatable bonds is 5. The zero-order valence-corrected chi connectivity index (χ0v) is 40.0. The average Bonchev–Trinajstić information content (AvgIpc) is 3.47.